The number of imidazole rings is 1. The number of nitrogens with zero attached hydrogens (tertiary/aromatic N) is 2. The number of aromatic nitrogens is 2. The summed E-state index contributed by atoms with van der Waals surface area (Å²) in [6, 6.07) is 12.5. The van der Waals surface area contributed by atoms with Gasteiger partial charge in [0.05, 0.1) is 5.69 Å². The van der Waals surface area contributed by atoms with E-state index in [1.165, 1.54) is 22.7 Å². The average Bonchev–Trinajstić information content (AvgIpc) is 2.99. The maximum Gasteiger partial charge on any atom is 0.320 e. The van der Waals surface area contributed by atoms with E-state index in [1.54, 1.807) is 6.20 Å². The molecule has 1 aliphatic rings. The van der Waals surface area contributed by atoms with Gasteiger partial charge in [0.2, 0.25) is 0 Å². The highest BCUT2D eigenvalue weighted by molar-refractivity contribution is 8.01. The molecule has 0 radical (unpaired) electrons. The third kappa shape index (κ3) is 2.31. The van der Waals surface area contributed by atoms with Crippen molar-refractivity contribution < 1.29 is 9.90 Å². The Kier molecular flexibility index (Phi) is 3.61. The maximum absolute atomic E-state index is 11.7. The average molecular weight is 338 g/mol. The first-order chi connectivity index (χ1) is 11.6. The van der Waals surface area contributed by atoms with Gasteiger partial charge in [0, 0.05) is 17.8 Å². The summed E-state index contributed by atoms with van der Waals surface area (Å²) in [6.07, 6.45) is 6.02. The molecular weight excluding hydrogens is 320 g/mol. The SMILES string of the molecule is Cc1ccc(-n2ccnc2SC2(C(=O)O)CCC2)c2ccccc12. The van der Waals surface area contributed by atoms with E-state index in [0.29, 0.717) is 12.8 Å². The summed E-state index contributed by atoms with van der Waals surface area (Å²) >= 11 is 1.38. The third-order valence-electron chi connectivity index (χ3n) is 4.82. The molecule has 0 saturated heterocycles. The van der Waals surface area contributed by atoms with E-state index in [4.69, 9.17) is 0 Å². The predicted octanol–water partition coefficient (Wildman–Crippen LogP) is 4.43. The molecule has 0 bridgehead atoms. The number of aliphatic carboxylic acids is 1. The van der Waals surface area contributed by atoms with E-state index in [-0.39, 0.29) is 0 Å². The van der Waals surface area contributed by atoms with Crippen LogP contribution >= 0.6 is 11.8 Å². The second kappa shape index (κ2) is 5.67. The lowest BCUT2D eigenvalue weighted by atomic mass is 9.84. The second-order valence-electron chi connectivity index (χ2n) is 6.28. The van der Waals surface area contributed by atoms with Crippen LogP contribution in [0.25, 0.3) is 16.5 Å². The number of hydrogen-bond donors (Lipinski definition) is 1. The van der Waals surface area contributed by atoms with Crippen molar-refractivity contribution in [2.75, 3.05) is 0 Å². The molecule has 122 valence electrons. The van der Waals surface area contributed by atoms with Gasteiger partial charge >= 0.3 is 5.97 Å². The zero-order valence-corrected chi connectivity index (χ0v) is 14.2. The Bertz CT molecular complexity index is 928. The van der Waals surface area contributed by atoms with Crippen molar-refractivity contribution in [3.63, 3.8) is 0 Å². The molecule has 0 unspecified atom stereocenters. The van der Waals surface area contributed by atoms with Crippen molar-refractivity contribution in [1.82, 2.24) is 9.55 Å². The molecule has 1 fully saturated rings. The van der Waals surface area contributed by atoms with E-state index in [0.717, 1.165) is 22.7 Å². The fraction of sp³-hybridized carbons (Fsp3) is 0.263. The lowest BCUT2D eigenvalue weighted by Crippen LogP contribution is -2.42. The minimum atomic E-state index is -0.734. The Morgan fingerprint density at radius 2 is 1.96 bits per heavy atom. The number of carbonyl (C=O) groups is 1. The highest BCUT2D eigenvalue weighted by Crippen LogP contribution is 2.47. The van der Waals surface area contributed by atoms with Crippen LogP contribution in [0.5, 0.6) is 0 Å². The van der Waals surface area contributed by atoms with Gasteiger partial charge in [0.25, 0.3) is 0 Å². The van der Waals surface area contributed by atoms with Gasteiger partial charge in [-0.1, -0.05) is 42.1 Å². The van der Waals surface area contributed by atoms with E-state index < -0.39 is 10.7 Å². The predicted molar refractivity (Wildman–Crippen MR) is 95.9 cm³/mol. The Morgan fingerprint density at radius 3 is 2.62 bits per heavy atom. The summed E-state index contributed by atoms with van der Waals surface area (Å²) in [5, 5.41) is 12.7. The van der Waals surface area contributed by atoms with Crippen molar-refractivity contribution in [1.29, 1.82) is 0 Å². The van der Waals surface area contributed by atoms with Crippen LogP contribution in [-0.2, 0) is 4.79 Å². The molecule has 4 rings (SSSR count). The van der Waals surface area contributed by atoms with Gasteiger partial charge in [-0.3, -0.25) is 9.36 Å². The van der Waals surface area contributed by atoms with Gasteiger partial charge in [0.15, 0.2) is 5.16 Å². The standard InChI is InChI=1S/C19H18N2O2S/c1-13-7-8-16(15-6-3-2-5-14(13)15)21-12-11-20-18(21)24-19(17(22)23)9-4-10-19/h2-3,5-8,11-12H,4,9-10H2,1H3,(H,22,23). The van der Waals surface area contributed by atoms with Gasteiger partial charge in [-0.25, -0.2) is 4.98 Å². The molecule has 0 atom stereocenters. The molecule has 0 amide bonds. The van der Waals surface area contributed by atoms with E-state index in [2.05, 4.69) is 36.2 Å². The lowest BCUT2D eigenvalue weighted by molar-refractivity contribution is -0.142. The van der Waals surface area contributed by atoms with E-state index in [1.807, 2.05) is 22.9 Å². The number of rotatable bonds is 4. The van der Waals surface area contributed by atoms with Gasteiger partial charge in [-0.2, -0.15) is 0 Å². The molecule has 0 aliphatic heterocycles. The number of carboxylic acids is 1. The summed E-state index contributed by atoms with van der Waals surface area (Å²) in [4.78, 5) is 16.1. The first-order valence-corrected chi connectivity index (χ1v) is 8.87. The number of benzene rings is 2. The summed E-state index contributed by atoms with van der Waals surface area (Å²) in [7, 11) is 0. The fourth-order valence-electron chi connectivity index (χ4n) is 3.22. The summed E-state index contributed by atoms with van der Waals surface area (Å²) in [5.41, 5.74) is 2.26. The van der Waals surface area contributed by atoms with Crippen molar-refractivity contribution in [3.05, 3.63) is 54.4 Å². The van der Waals surface area contributed by atoms with Crippen LogP contribution in [0.15, 0.2) is 53.9 Å². The van der Waals surface area contributed by atoms with E-state index >= 15 is 0 Å². The van der Waals surface area contributed by atoms with Crippen molar-refractivity contribution >= 4 is 28.5 Å². The summed E-state index contributed by atoms with van der Waals surface area (Å²) in [6.45, 7) is 2.10. The molecule has 1 saturated carbocycles. The van der Waals surface area contributed by atoms with Crippen LogP contribution in [0.4, 0.5) is 0 Å². The van der Waals surface area contributed by atoms with Crippen LogP contribution < -0.4 is 0 Å². The lowest BCUT2D eigenvalue weighted by Gasteiger charge is -2.36. The van der Waals surface area contributed by atoms with Crippen LogP contribution in [0, 0.1) is 6.92 Å². The molecule has 24 heavy (non-hydrogen) atoms. The first kappa shape index (κ1) is 15.3. The topological polar surface area (TPSA) is 55.1 Å². The summed E-state index contributed by atoms with van der Waals surface area (Å²) in [5.74, 6) is -0.734. The molecule has 1 N–H and O–H groups in total. The molecule has 3 aromatic rings. The Labute approximate surface area is 144 Å². The van der Waals surface area contributed by atoms with E-state index in [9.17, 15) is 9.90 Å². The van der Waals surface area contributed by atoms with Crippen LogP contribution in [0.1, 0.15) is 24.8 Å². The number of fused-ring (bicyclic) bond motifs is 1. The van der Waals surface area contributed by atoms with Gasteiger partial charge in [-0.15, -0.1) is 0 Å². The Morgan fingerprint density at radius 1 is 1.21 bits per heavy atom. The first-order valence-electron chi connectivity index (χ1n) is 8.05. The van der Waals surface area contributed by atoms with Crippen LogP contribution in [-0.4, -0.2) is 25.4 Å². The molecule has 1 aliphatic carbocycles. The van der Waals surface area contributed by atoms with Gasteiger partial charge in [0.1, 0.15) is 4.75 Å². The molecule has 1 heterocycles. The third-order valence-corrected chi connectivity index (χ3v) is 6.28. The molecule has 1 aromatic heterocycles. The zero-order valence-electron chi connectivity index (χ0n) is 13.4. The smallest absolute Gasteiger partial charge is 0.320 e. The van der Waals surface area contributed by atoms with Crippen LogP contribution in [0.2, 0.25) is 0 Å². The normalized spacial score (nSPS) is 16.0. The van der Waals surface area contributed by atoms with Gasteiger partial charge in [-0.05, 0) is 43.2 Å². The van der Waals surface area contributed by atoms with Crippen molar-refractivity contribution in [2.24, 2.45) is 0 Å². The fourth-order valence-corrected chi connectivity index (χ4v) is 4.53. The monoisotopic (exact) mass is 338 g/mol. The highest BCUT2D eigenvalue weighted by atomic mass is 32.2. The molecule has 0 spiro atoms. The number of carboxylic acid groups (broad SMARTS) is 1. The van der Waals surface area contributed by atoms with Gasteiger partial charge < -0.3 is 5.11 Å². The quantitative estimate of drug-likeness (QED) is 0.764. The largest absolute Gasteiger partial charge is 0.480 e. The molecule has 4 nitrogen and oxygen atoms in total. The Hall–Kier alpha value is -2.27. The maximum atomic E-state index is 11.7. The summed E-state index contributed by atoms with van der Waals surface area (Å²) < 4.78 is 1.29. The number of hydrogen-bond acceptors (Lipinski definition) is 3. The highest BCUT2D eigenvalue weighted by Gasteiger charge is 2.46. The van der Waals surface area contributed by atoms with Crippen LogP contribution in [0.3, 0.4) is 0 Å². The molecule has 2 aromatic carbocycles. The number of aryl methyl sites for hydroxylation is 1. The second-order valence-corrected chi connectivity index (χ2v) is 7.63. The van der Waals surface area contributed by atoms with Crippen molar-refractivity contribution in [3.8, 4) is 5.69 Å². The zero-order chi connectivity index (χ0) is 16.7. The Balaban J connectivity index is 1.81. The number of thioether (sulfide) groups is 1. The minimum Gasteiger partial charge on any atom is -0.480 e. The molecular formula is C19H18N2O2S. The van der Waals surface area contributed by atoms with Crippen molar-refractivity contribution in [2.45, 2.75) is 36.1 Å². The molecule has 5 heteroatoms. The minimum absolute atomic E-state index is 0.703.